The lowest BCUT2D eigenvalue weighted by Crippen LogP contribution is -2.20. The summed E-state index contributed by atoms with van der Waals surface area (Å²) in [5, 5.41) is 0.921. The molecule has 0 amide bonds. The van der Waals surface area contributed by atoms with E-state index in [1.165, 1.54) is 38.5 Å². The second kappa shape index (κ2) is 51.4. The summed E-state index contributed by atoms with van der Waals surface area (Å²) in [5.74, 6) is 0.691. The molecule has 0 N–H and O–H groups in total. The van der Waals surface area contributed by atoms with Gasteiger partial charge in [0, 0.05) is 57.5 Å². The lowest BCUT2D eigenvalue weighted by atomic mass is 10.2. The molecule has 0 heterocycles. The van der Waals surface area contributed by atoms with Gasteiger partial charge in [-0.2, -0.15) is 0 Å². The number of unbranched alkanes of at least 4 members (excludes halogenated alkanes) is 3. The topological polar surface area (TPSA) is 73.8 Å². The number of ether oxygens (including phenoxy) is 8. The largest absolute Gasteiger partial charge is 0.376 e. The van der Waals surface area contributed by atoms with Crippen LogP contribution in [0.1, 0.15) is 267 Å². The number of alkyl halides is 2. The number of halogens is 2. The summed E-state index contributed by atoms with van der Waals surface area (Å²) < 4.78 is 43.0. The average Bonchev–Trinajstić information content (AvgIpc) is 3.09. The van der Waals surface area contributed by atoms with E-state index in [-0.39, 0.29) is 52.2 Å². The molecule has 0 spiro atoms. The molecular weight excluding hydrogens is 928 g/mol. The quantitative estimate of drug-likeness (QED) is 0.0993. The van der Waals surface area contributed by atoms with Gasteiger partial charge in [-0.3, -0.25) is 0 Å². The summed E-state index contributed by atoms with van der Waals surface area (Å²) in [6, 6.07) is 0. The highest BCUT2D eigenvalue weighted by molar-refractivity contribution is 9.09. The van der Waals surface area contributed by atoms with E-state index in [4.69, 9.17) is 49.5 Å². The van der Waals surface area contributed by atoms with Crippen molar-refractivity contribution in [3.05, 3.63) is 0 Å². The predicted octanol–water partition coefficient (Wildman–Crippen LogP) is 18.9. The molecule has 0 aromatic heterocycles. The smallest absolute Gasteiger partial charge is 0.0598 e. The van der Waals surface area contributed by atoms with Crippen LogP contribution in [0.4, 0.5) is 0 Å². The van der Waals surface area contributed by atoms with Crippen molar-refractivity contribution in [1.29, 1.82) is 0 Å². The van der Waals surface area contributed by atoms with Crippen LogP contribution in [0.3, 0.4) is 0 Å². The molecule has 0 unspecified atom stereocenters. The third-order valence-corrected chi connectivity index (χ3v) is 7.01. The molecule has 0 aromatic carbocycles. The van der Waals surface area contributed by atoms with Gasteiger partial charge >= 0.3 is 0 Å². The molecule has 8 nitrogen and oxygen atoms in total. The number of hydrogen-bond acceptors (Lipinski definition) is 8. The third-order valence-electron chi connectivity index (χ3n) is 6.42. The minimum atomic E-state index is -0.00788. The first kappa shape index (κ1) is 87.2. The van der Waals surface area contributed by atoms with Gasteiger partial charge in [0.2, 0.25) is 0 Å². The molecular formula is C57H130BrClO8. The average molecular weight is 1060 g/mol. The maximum atomic E-state index is 5.47. The zero-order valence-electron chi connectivity index (χ0n) is 50.7. The number of rotatable bonds is 18. The minimum Gasteiger partial charge on any atom is -0.376 e. The van der Waals surface area contributed by atoms with Gasteiger partial charge in [0.25, 0.3) is 0 Å². The molecule has 0 bridgehead atoms. The van der Waals surface area contributed by atoms with Crippen LogP contribution >= 0.6 is 27.5 Å². The van der Waals surface area contributed by atoms with Crippen molar-refractivity contribution in [3.63, 3.8) is 0 Å². The Morgan fingerprint density at radius 2 is 0.478 bits per heavy atom. The van der Waals surface area contributed by atoms with E-state index in [9.17, 15) is 0 Å². The van der Waals surface area contributed by atoms with Crippen molar-refractivity contribution in [2.24, 2.45) is 0 Å². The molecule has 67 heavy (non-hydrogen) atoms. The highest BCUT2D eigenvalue weighted by Crippen LogP contribution is 2.11. The van der Waals surface area contributed by atoms with Crippen molar-refractivity contribution in [3.8, 4) is 0 Å². The van der Waals surface area contributed by atoms with Gasteiger partial charge in [-0.15, -0.1) is 11.6 Å². The maximum Gasteiger partial charge on any atom is 0.0598 e. The molecule has 0 aliphatic rings. The van der Waals surface area contributed by atoms with Gasteiger partial charge in [0.1, 0.15) is 0 Å². The van der Waals surface area contributed by atoms with E-state index in [1.54, 1.807) is 0 Å². The first-order valence-corrected chi connectivity index (χ1v) is 27.4. The SMILES string of the molecule is C.CC(C)(C)OCCBr.CC(C)(C)OCCCCl.CCCCOC(C)(C)C.CCCCOC(C)(C)C.CCCCOC(C)(C)C.CCCOC(C)(C)C.CCOC(C)(C)C.CCOC(C)(C)C. The van der Waals surface area contributed by atoms with E-state index in [2.05, 4.69) is 189 Å². The molecule has 0 fully saturated rings. The summed E-state index contributed by atoms with van der Waals surface area (Å²) in [6.45, 7) is 69.0. The van der Waals surface area contributed by atoms with Crippen molar-refractivity contribution in [2.45, 2.75) is 311 Å². The van der Waals surface area contributed by atoms with Crippen molar-refractivity contribution in [1.82, 2.24) is 0 Å². The van der Waals surface area contributed by atoms with Crippen molar-refractivity contribution >= 4 is 27.5 Å². The van der Waals surface area contributed by atoms with Gasteiger partial charge in [0.05, 0.1) is 51.4 Å². The molecule has 0 aliphatic heterocycles. The maximum absolute atomic E-state index is 5.47. The van der Waals surface area contributed by atoms with Crippen LogP contribution in [-0.2, 0) is 37.9 Å². The van der Waals surface area contributed by atoms with Gasteiger partial charge in [0.15, 0.2) is 0 Å². The lowest BCUT2D eigenvalue weighted by molar-refractivity contribution is -0.00452. The van der Waals surface area contributed by atoms with Gasteiger partial charge < -0.3 is 37.9 Å². The summed E-state index contributed by atoms with van der Waals surface area (Å²) in [6.07, 6.45) is 9.24. The molecule has 0 saturated carbocycles. The monoisotopic (exact) mass is 1060 g/mol. The Labute approximate surface area is 438 Å². The Balaban J connectivity index is -0.0000000819. The molecule has 0 rings (SSSR count). The molecule has 0 saturated heterocycles. The standard InChI is InChI=1S/3C8H18O.C7H15ClO.C7H16O.C6H13BrO.2C6H14O.CH4/c3*1-5-6-7-9-8(2,3)4;1-7(2,3)9-6-4-5-8;1-5-6-8-7(2,3)4;1-6(2,3)8-5-4-7;2*1-5-7-6(2,3)4;/h3*5-7H2,1-4H3;4-6H2,1-3H3;5-6H2,1-4H3;4-5H2,1-3H3;2*5H2,1-4H3;1H4. The number of hydrogen-bond donors (Lipinski definition) is 0. The lowest BCUT2D eigenvalue weighted by Gasteiger charge is -2.18. The Bertz CT molecular complexity index is 779. The zero-order chi connectivity index (χ0) is 54.4. The Kier molecular flexibility index (Phi) is 66.8. The van der Waals surface area contributed by atoms with Crippen LogP contribution in [0, 0.1) is 0 Å². The Morgan fingerprint density at radius 3 is 0.582 bits per heavy atom. The van der Waals surface area contributed by atoms with E-state index < -0.39 is 0 Å². The highest BCUT2D eigenvalue weighted by atomic mass is 79.9. The normalized spacial score (nSPS) is 11.8. The second-order valence-corrected chi connectivity index (χ2v) is 24.8. The highest BCUT2D eigenvalue weighted by Gasteiger charge is 2.12. The summed E-state index contributed by atoms with van der Waals surface area (Å²) >= 11 is 8.73. The summed E-state index contributed by atoms with van der Waals surface area (Å²) in [4.78, 5) is 0. The zero-order valence-corrected chi connectivity index (χ0v) is 53.1. The first-order valence-electron chi connectivity index (χ1n) is 25.7. The van der Waals surface area contributed by atoms with E-state index in [0.29, 0.717) is 5.88 Å². The Morgan fingerprint density at radius 1 is 0.284 bits per heavy atom. The fourth-order valence-electron chi connectivity index (χ4n) is 3.62. The van der Waals surface area contributed by atoms with Crippen LogP contribution < -0.4 is 0 Å². The van der Waals surface area contributed by atoms with Crippen molar-refractivity contribution in [2.75, 3.05) is 64.1 Å². The van der Waals surface area contributed by atoms with E-state index >= 15 is 0 Å². The van der Waals surface area contributed by atoms with Crippen LogP contribution in [0.5, 0.6) is 0 Å². The fourth-order valence-corrected chi connectivity index (χ4v) is 3.89. The molecule has 0 radical (unpaired) electrons. The minimum absolute atomic E-state index is 0. The molecule has 0 aliphatic carbocycles. The van der Waals surface area contributed by atoms with Crippen LogP contribution in [0.25, 0.3) is 0 Å². The predicted molar refractivity (Wildman–Crippen MR) is 308 cm³/mol. The van der Waals surface area contributed by atoms with E-state index in [0.717, 1.165) is 71.0 Å². The van der Waals surface area contributed by atoms with Gasteiger partial charge in [-0.25, -0.2) is 0 Å². The van der Waals surface area contributed by atoms with Crippen LogP contribution in [-0.4, -0.2) is 109 Å². The molecule has 0 aromatic rings. The second-order valence-electron chi connectivity index (χ2n) is 23.6. The van der Waals surface area contributed by atoms with Gasteiger partial charge in [-0.05, 0) is 212 Å². The molecule has 420 valence electrons. The summed E-state index contributed by atoms with van der Waals surface area (Å²) in [7, 11) is 0. The summed E-state index contributed by atoms with van der Waals surface area (Å²) in [5.41, 5.74) is 0.318. The van der Waals surface area contributed by atoms with Crippen molar-refractivity contribution < 1.29 is 37.9 Å². The van der Waals surface area contributed by atoms with Crippen LogP contribution in [0.2, 0.25) is 0 Å². The van der Waals surface area contributed by atoms with E-state index in [1.807, 2.05) is 34.6 Å². The van der Waals surface area contributed by atoms with Gasteiger partial charge in [-0.1, -0.05) is 70.3 Å². The Hall–Kier alpha value is 0.450. The fraction of sp³-hybridized carbons (Fsp3) is 1.00. The molecule has 0 atom stereocenters. The third kappa shape index (κ3) is 153. The molecule has 10 heteroatoms. The first-order chi connectivity index (χ1) is 29.5. The van der Waals surface area contributed by atoms with Crippen LogP contribution in [0.15, 0.2) is 0 Å².